The molecule has 0 spiro atoms. The lowest BCUT2D eigenvalue weighted by atomic mass is 9.98. The first-order valence-electron chi connectivity index (χ1n) is 28.4. The number of aromatic nitrogens is 1. The molecule has 0 unspecified atom stereocenters. The summed E-state index contributed by atoms with van der Waals surface area (Å²) in [4.78, 5) is 152. The van der Waals surface area contributed by atoms with Gasteiger partial charge < -0.3 is 101 Å². The summed E-state index contributed by atoms with van der Waals surface area (Å²) in [7, 11) is 0. The molecule has 480 valence electrons. The van der Waals surface area contributed by atoms with Crippen molar-refractivity contribution in [2.45, 2.75) is 146 Å². The molecule has 0 radical (unpaired) electrons. The molecule has 30 nitrogen and oxygen atoms in total. The molecule has 88 heavy (non-hydrogen) atoms. The van der Waals surface area contributed by atoms with Crippen molar-refractivity contribution in [3.63, 3.8) is 0 Å². The number of aliphatic carboxylic acids is 1. The third-order valence-electron chi connectivity index (χ3n) is 14.3. The fourth-order valence-electron chi connectivity index (χ4n) is 8.95. The van der Waals surface area contributed by atoms with Gasteiger partial charge in [0.15, 0.2) is 6.04 Å². The standard InChI is InChI=1S/C58H81N13O17/c1-5-29(2)47(61)56(85)67-41(23-33-15-19-36(76)20-16-33)53(82)69-44(28-72)55(84)65-40(22-32-13-17-35(75)18-14-32)52(81)66-43(25-45(60)77)50(79)63-27-46(78)64-39(12-8-9-21-59)51(80)70-48(30(3)73)57(86)68-42(54(83)71-49(31(4)74)58(87)88)24-34-26-62-38-11-7-6-10-37(34)38/h6-7,10-11,13-20,26,29-31,39-44,47-49,62,72-76H,5,8-9,12,21-25,27-28,59,61H2,1-4H3,(H2,60,77)(H,63,79)(H,64,78)(H,65,84)(H,66,81)(H,67,85)(H,68,86)(H,69,82)(H,70,80)(H,71,83)(H,87,88)/t29-,30+,31+,39-,40-,41-,42-,43-,44-,47-,48-,49-/m0/s1. The van der Waals surface area contributed by atoms with Gasteiger partial charge in [0.05, 0.1) is 37.8 Å². The van der Waals surface area contributed by atoms with Crippen molar-refractivity contribution < 1.29 is 83.4 Å². The number of rotatable bonds is 36. The van der Waals surface area contributed by atoms with Crippen LogP contribution in [0.2, 0.25) is 0 Å². The van der Waals surface area contributed by atoms with E-state index in [0.717, 1.165) is 13.8 Å². The number of aliphatic hydroxyl groups is 3. The molecule has 4 rings (SSSR count). The monoisotopic (exact) mass is 1230 g/mol. The fourth-order valence-corrected chi connectivity index (χ4v) is 8.95. The maximum atomic E-state index is 14.2. The van der Waals surface area contributed by atoms with E-state index in [-0.39, 0.29) is 56.1 Å². The minimum atomic E-state index is -1.84. The molecule has 0 bridgehead atoms. The molecule has 3 aromatic carbocycles. The maximum absolute atomic E-state index is 14.2. The molecule has 30 heteroatoms. The van der Waals surface area contributed by atoms with Crippen LogP contribution in [-0.4, -0.2) is 187 Å². The Morgan fingerprint density at radius 3 is 1.56 bits per heavy atom. The summed E-state index contributed by atoms with van der Waals surface area (Å²) in [5, 5.41) is 82.9. The summed E-state index contributed by atoms with van der Waals surface area (Å²) in [6, 6.07) is 3.64. The number of carbonyl (C=O) groups is 11. The molecule has 0 fully saturated rings. The molecular formula is C58H81N13O17. The lowest BCUT2D eigenvalue weighted by molar-refractivity contribution is -0.145. The van der Waals surface area contributed by atoms with E-state index in [1.165, 1.54) is 48.5 Å². The normalized spacial score (nSPS) is 15.3. The number of aliphatic hydroxyl groups excluding tert-OH is 3. The Kier molecular flexibility index (Phi) is 28.2. The number of fused-ring (bicyclic) bond motifs is 1. The second kappa shape index (κ2) is 34.8. The molecule has 0 saturated heterocycles. The van der Waals surface area contributed by atoms with Gasteiger partial charge in [-0.3, -0.25) is 47.9 Å². The Morgan fingerprint density at radius 1 is 0.557 bits per heavy atom. The van der Waals surface area contributed by atoms with Crippen molar-refractivity contribution in [2.24, 2.45) is 23.1 Å². The van der Waals surface area contributed by atoms with Gasteiger partial charge in [0.1, 0.15) is 53.8 Å². The van der Waals surface area contributed by atoms with Gasteiger partial charge in [-0.1, -0.05) is 62.7 Å². The van der Waals surface area contributed by atoms with E-state index in [2.05, 4.69) is 52.8 Å². The Balaban J connectivity index is 1.51. The van der Waals surface area contributed by atoms with Gasteiger partial charge in [0.2, 0.25) is 59.1 Å². The number of amides is 10. The zero-order valence-electron chi connectivity index (χ0n) is 49.1. The van der Waals surface area contributed by atoms with Gasteiger partial charge in [-0.05, 0) is 92.6 Å². The Hall–Kier alpha value is -9.23. The molecule has 0 aliphatic carbocycles. The number of carboxylic acid groups (broad SMARTS) is 1. The zero-order chi connectivity index (χ0) is 65.4. The van der Waals surface area contributed by atoms with Gasteiger partial charge in [-0.15, -0.1) is 0 Å². The van der Waals surface area contributed by atoms with Crippen LogP contribution in [0, 0.1) is 5.92 Å². The number of aromatic hydroxyl groups is 2. The van der Waals surface area contributed by atoms with E-state index in [9.17, 15) is 83.4 Å². The number of primary amides is 1. The SMILES string of the molecule is CC[C@H](C)[C@H](N)C(=O)N[C@@H](Cc1ccc(O)cc1)C(=O)N[C@@H](CO)C(=O)N[C@@H](Cc1ccc(O)cc1)C(=O)N[C@@H](CC(N)=O)C(=O)NCC(=O)N[C@@H](CCCCN)C(=O)N[C@H](C(=O)N[C@@H](Cc1c[nH]c2ccccc12)C(=O)N[C@H](C(=O)O)[C@@H](C)O)[C@@H](C)O. The van der Waals surface area contributed by atoms with Crippen molar-refractivity contribution in [3.8, 4) is 11.5 Å². The highest BCUT2D eigenvalue weighted by Gasteiger charge is 2.37. The summed E-state index contributed by atoms with van der Waals surface area (Å²) in [6.45, 7) is 4.03. The van der Waals surface area contributed by atoms with Gasteiger partial charge in [-0.25, -0.2) is 4.79 Å². The lowest BCUT2D eigenvalue weighted by Crippen LogP contribution is -2.61. The van der Waals surface area contributed by atoms with Gasteiger partial charge >= 0.3 is 5.97 Å². The van der Waals surface area contributed by atoms with Crippen LogP contribution in [0.15, 0.2) is 79.0 Å². The maximum Gasteiger partial charge on any atom is 0.328 e. The number of unbranched alkanes of at least 4 members (excludes halogenated alkanes) is 1. The van der Waals surface area contributed by atoms with Gasteiger partial charge in [-0.2, -0.15) is 0 Å². The Labute approximate surface area is 506 Å². The molecule has 22 N–H and O–H groups in total. The van der Waals surface area contributed by atoms with Crippen LogP contribution in [-0.2, 0) is 72.0 Å². The third-order valence-corrected chi connectivity index (χ3v) is 14.3. The van der Waals surface area contributed by atoms with Crippen LogP contribution >= 0.6 is 0 Å². The number of aromatic amines is 1. The highest BCUT2D eigenvalue weighted by atomic mass is 16.4. The number of benzene rings is 3. The minimum Gasteiger partial charge on any atom is -0.508 e. The van der Waals surface area contributed by atoms with E-state index in [0.29, 0.717) is 40.4 Å². The average molecular weight is 1230 g/mol. The number of para-hydroxylation sites is 1. The van der Waals surface area contributed by atoms with Crippen molar-refractivity contribution in [3.05, 3.63) is 95.7 Å². The number of carbonyl (C=O) groups excluding carboxylic acids is 10. The molecule has 0 saturated carbocycles. The second-order valence-electron chi connectivity index (χ2n) is 21.3. The molecular weight excluding hydrogens is 1150 g/mol. The zero-order valence-corrected chi connectivity index (χ0v) is 49.1. The van der Waals surface area contributed by atoms with Crippen molar-refractivity contribution in [1.29, 1.82) is 0 Å². The highest BCUT2D eigenvalue weighted by Crippen LogP contribution is 2.20. The average Bonchev–Trinajstić information content (AvgIpc) is 2.14. The van der Waals surface area contributed by atoms with Crippen LogP contribution in [0.5, 0.6) is 11.5 Å². The third kappa shape index (κ3) is 22.2. The predicted molar refractivity (Wildman–Crippen MR) is 316 cm³/mol. The first-order valence-corrected chi connectivity index (χ1v) is 28.4. The first-order chi connectivity index (χ1) is 41.7. The number of nitrogens with two attached hydrogens (primary N) is 3. The quantitative estimate of drug-likeness (QED) is 0.0192. The van der Waals surface area contributed by atoms with E-state index in [1.54, 1.807) is 37.4 Å². The number of hydrogen-bond donors (Lipinski definition) is 19. The molecule has 12 atom stereocenters. The van der Waals surface area contributed by atoms with Crippen LogP contribution in [0.4, 0.5) is 0 Å². The first kappa shape index (κ1) is 71.3. The summed E-state index contributed by atoms with van der Waals surface area (Å²) >= 11 is 0. The minimum absolute atomic E-state index is 0.0767. The lowest BCUT2D eigenvalue weighted by Gasteiger charge is -2.28. The second-order valence-corrected chi connectivity index (χ2v) is 21.3. The van der Waals surface area contributed by atoms with Crippen LogP contribution < -0.4 is 65.1 Å². The Morgan fingerprint density at radius 2 is 1.03 bits per heavy atom. The molecule has 0 aliphatic rings. The van der Waals surface area contributed by atoms with E-state index < -0.39 is 151 Å². The van der Waals surface area contributed by atoms with Crippen LogP contribution in [0.3, 0.4) is 0 Å². The fraction of sp³-hybridized carbons (Fsp3) is 0.466. The topological polar surface area (TPSA) is 511 Å². The van der Waals surface area contributed by atoms with Crippen molar-refractivity contribution >= 4 is 75.9 Å². The number of carboxylic acids is 1. The summed E-state index contributed by atoms with van der Waals surface area (Å²) < 4.78 is 0. The predicted octanol–water partition coefficient (Wildman–Crippen LogP) is -4.18. The smallest absolute Gasteiger partial charge is 0.328 e. The molecule has 0 aliphatic heterocycles. The van der Waals surface area contributed by atoms with E-state index in [1.807, 2.05) is 6.92 Å². The summed E-state index contributed by atoms with van der Waals surface area (Å²) in [5.74, 6) is -12.5. The molecule has 1 aromatic heterocycles. The number of hydrogen-bond acceptors (Lipinski definition) is 18. The van der Waals surface area contributed by atoms with Crippen LogP contribution in [0.1, 0.15) is 76.5 Å². The van der Waals surface area contributed by atoms with Crippen LogP contribution in [0.25, 0.3) is 10.9 Å². The van der Waals surface area contributed by atoms with Gasteiger partial charge in [0.25, 0.3) is 0 Å². The molecule has 10 amide bonds. The summed E-state index contributed by atoms with van der Waals surface area (Å²) in [5.41, 5.74) is 19.3. The Bertz CT molecular complexity index is 3050. The largest absolute Gasteiger partial charge is 0.508 e. The number of phenols is 2. The number of nitrogens with one attached hydrogen (secondary N) is 10. The summed E-state index contributed by atoms with van der Waals surface area (Å²) in [6.07, 6.45) is -2.32. The van der Waals surface area contributed by atoms with Gasteiger partial charge in [0, 0.05) is 36.4 Å². The number of phenolic OH excluding ortho intramolecular Hbond substituents is 2. The highest BCUT2D eigenvalue weighted by molar-refractivity contribution is 5.99. The van der Waals surface area contributed by atoms with Crippen molar-refractivity contribution in [1.82, 2.24) is 52.8 Å². The van der Waals surface area contributed by atoms with E-state index >= 15 is 0 Å². The van der Waals surface area contributed by atoms with E-state index in [4.69, 9.17) is 17.2 Å². The van der Waals surface area contributed by atoms with Crippen molar-refractivity contribution in [2.75, 3.05) is 19.7 Å². The number of H-pyrrole nitrogens is 1. The molecule has 4 aromatic rings. The molecule has 1 heterocycles.